The van der Waals surface area contributed by atoms with E-state index in [1.807, 2.05) is 0 Å². The number of hydrazine groups is 1. The van der Waals surface area contributed by atoms with Crippen LogP contribution in [0.3, 0.4) is 0 Å². The van der Waals surface area contributed by atoms with Crippen molar-refractivity contribution in [3.8, 4) is 28.7 Å². The van der Waals surface area contributed by atoms with Gasteiger partial charge in [-0.05, 0) is 49.8 Å². The molecular formula is C26H30N2O9. The molecule has 0 saturated carbocycles. The van der Waals surface area contributed by atoms with E-state index in [0.29, 0.717) is 36.6 Å². The Bertz CT molecular complexity index is 1150. The summed E-state index contributed by atoms with van der Waals surface area (Å²) in [4.78, 5) is 38.3. The average molecular weight is 515 g/mol. The average Bonchev–Trinajstić information content (AvgIpc) is 3.41. The first-order valence-electron chi connectivity index (χ1n) is 11.5. The van der Waals surface area contributed by atoms with E-state index in [-0.39, 0.29) is 35.3 Å². The number of benzene rings is 2. The van der Waals surface area contributed by atoms with Gasteiger partial charge in [-0.2, -0.15) is 0 Å². The predicted molar refractivity (Wildman–Crippen MR) is 133 cm³/mol. The van der Waals surface area contributed by atoms with Crippen LogP contribution in [0.4, 0.5) is 4.79 Å². The minimum absolute atomic E-state index is 0.0236. The first-order chi connectivity index (χ1) is 17.9. The predicted octanol–water partition coefficient (Wildman–Crippen LogP) is 3.56. The maximum atomic E-state index is 13.4. The van der Waals surface area contributed by atoms with E-state index in [4.69, 9.17) is 28.4 Å². The van der Waals surface area contributed by atoms with Crippen LogP contribution >= 0.6 is 0 Å². The van der Waals surface area contributed by atoms with Crippen molar-refractivity contribution in [2.45, 2.75) is 13.3 Å². The van der Waals surface area contributed by atoms with Gasteiger partial charge >= 0.3 is 6.16 Å². The lowest BCUT2D eigenvalue weighted by molar-refractivity contribution is -0.134. The summed E-state index contributed by atoms with van der Waals surface area (Å²) in [6, 6.07) is 8.07. The highest BCUT2D eigenvalue weighted by Crippen LogP contribution is 2.39. The molecule has 11 nitrogen and oxygen atoms in total. The van der Waals surface area contributed by atoms with Crippen LogP contribution in [0.15, 0.2) is 36.4 Å². The summed E-state index contributed by atoms with van der Waals surface area (Å²) in [5.74, 6) is 0.530. The van der Waals surface area contributed by atoms with Gasteiger partial charge in [-0.15, -0.1) is 0 Å². The molecule has 1 fully saturated rings. The Morgan fingerprint density at radius 2 is 1.51 bits per heavy atom. The Labute approximate surface area is 215 Å². The van der Waals surface area contributed by atoms with Crippen LogP contribution in [0.5, 0.6) is 28.7 Å². The van der Waals surface area contributed by atoms with Gasteiger partial charge < -0.3 is 28.4 Å². The van der Waals surface area contributed by atoms with Crippen molar-refractivity contribution in [1.29, 1.82) is 0 Å². The topological polar surface area (TPSA) is 113 Å². The van der Waals surface area contributed by atoms with E-state index in [2.05, 4.69) is 0 Å². The summed E-state index contributed by atoms with van der Waals surface area (Å²) in [6.07, 6.45) is 2.65. The highest BCUT2D eigenvalue weighted by atomic mass is 16.7. The molecule has 11 heteroatoms. The van der Waals surface area contributed by atoms with Crippen LogP contribution in [-0.2, 0) is 9.53 Å². The van der Waals surface area contributed by atoms with Crippen molar-refractivity contribution in [2.24, 2.45) is 0 Å². The molecule has 198 valence electrons. The summed E-state index contributed by atoms with van der Waals surface area (Å²) in [6.45, 7) is 2.47. The fourth-order valence-corrected chi connectivity index (χ4v) is 3.75. The molecule has 1 aliphatic heterocycles. The summed E-state index contributed by atoms with van der Waals surface area (Å²) >= 11 is 0. The second-order valence-corrected chi connectivity index (χ2v) is 7.68. The van der Waals surface area contributed by atoms with Gasteiger partial charge in [-0.1, -0.05) is 0 Å². The Hall–Kier alpha value is -4.41. The number of hydrogen-bond acceptors (Lipinski definition) is 9. The number of hydrogen-bond donors (Lipinski definition) is 0. The summed E-state index contributed by atoms with van der Waals surface area (Å²) in [5, 5.41) is 2.73. The Morgan fingerprint density at radius 1 is 0.865 bits per heavy atom. The van der Waals surface area contributed by atoms with Crippen LogP contribution in [0, 0.1) is 0 Å². The summed E-state index contributed by atoms with van der Waals surface area (Å²) < 4.78 is 31.3. The molecule has 0 aromatic heterocycles. The maximum absolute atomic E-state index is 13.4. The second-order valence-electron chi connectivity index (χ2n) is 7.68. The van der Waals surface area contributed by atoms with Gasteiger partial charge in [-0.3, -0.25) is 9.59 Å². The lowest BCUT2D eigenvalue weighted by atomic mass is 10.1. The molecule has 0 unspecified atom stereocenters. The normalized spacial score (nSPS) is 12.9. The van der Waals surface area contributed by atoms with Gasteiger partial charge in [0.1, 0.15) is 11.5 Å². The first-order valence-corrected chi connectivity index (χ1v) is 11.5. The molecule has 0 bridgehead atoms. The number of carbonyl (C=O) groups is 3. The van der Waals surface area contributed by atoms with Crippen molar-refractivity contribution in [3.63, 3.8) is 0 Å². The van der Waals surface area contributed by atoms with Gasteiger partial charge in [0.05, 0.1) is 35.0 Å². The van der Waals surface area contributed by atoms with Gasteiger partial charge in [-0.25, -0.2) is 14.8 Å². The van der Waals surface area contributed by atoms with E-state index in [9.17, 15) is 14.4 Å². The Kier molecular flexibility index (Phi) is 9.20. The van der Waals surface area contributed by atoms with Crippen LogP contribution in [-0.4, -0.2) is 76.1 Å². The molecule has 0 radical (unpaired) electrons. The van der Waals surface area contributed by atoms with Crippen molar-refractivity contribution in [1.82, 2.24) is 10.0 Å². The van der Waals surface area contributed by atoms with Crippen molar-refractivity contribution < 1.29 is 42.8 Å². The fourth-order valence-electron chi connectivity index (χ4n) is 3.75. The maximum Gasteiger partial charge on any atom is 0.514 e. The molecule has 0 aliphatic carbocycles. The highest BCUT2D eigenvalue weighted by Gasteiger charge is 2.32. The number of carbonyl (C=O) groups excluding carboxylic acids is 3. The quantitative estimate of drug-likeness (QED) is 0.282. The van der Waals surface area contributed by atoms with Crippen LogP contribution in [0.25, 0.3) is 6.08 Å². The van der Waals surface area contributed by atoms with Crippen LogP contribution in [0.1, 0.15) is 29.3 Å². The molecule has 2 aromatic rings. The van der Waals surface area contributed by atoms with Gasteiger partial charge in [0, 0.05) is 30.3 Å². The Balaban J connectivity index is 1.85. The molecule has 2 aromatic carbocycles. The van der Waals surface area contributed by atoms with E-state index in [0.717, 1.165) is 0 Å². The molecule has 1 aliphatic rings. The zero-order chi connectivity index (χ0) is 26.9. The highest BCUT2D eigenvalue weighted by molar-refractivity contribution is 5.99. The van der Waals surface area contributed by atoms with Gasteiger partial charge in [0.15, 0.2) is 11.5 Å². The Morgan fingerprint density at radius 3 is 2.11 bits per heavy atom. The standard InChI is InChI=1S/C26H30N2O9/c1-6-36-26(31)37-24-21(34-4)15-18(16-22(24)35-5)25(30)28-13-7-12-27(28)23(29)11-8-17-14-19(32-2)9-10-20(17)33-3/h8-11,14-16H,6-7,12-13H2,1-5H3. The fraction of sp³-hybridized carbons (Fsp3) is 0.346. The SMILES string of the molecule is CCOC(=O)Oc1c(OC)cc(C(=O)N2CCCN2C(=O)C=Cc2cc(OC)ccc2OC)cc1OC. The largest absolute Gasteiger partial charge is 0.514 e. The zero-order valence-electron chi connectivity index (χ0n) is 21.4. The lowest BCUT2D eigenvalue weighted by Crippen LogP contribution is -2.44. The number of rotatable bonds is 9. The number of ether oxygens (including phenoxy) is 6. The molecule has 0 N–H and O–H groups in total. The van der Waals surface area contributed by atoms with E-state index in [1.54, 1.807) is 38.3 Å². The van der Waals surface area contributed by atoms with Crippen molar-refractivity contribution in [3.05, 3.63) is 47.5 Å². The molecule has 3 rings (SSSR count). The third kappa shape index (κ3) is 6.24. The van der Waals surface area contributed by atoms with E-state index in [1.165, 1.54) is 49.6 Å². The molecule has 0 atom stereocenters. The summed E-state index contributed by atoms with van der Waals surface area (Å²) in [7, 11) is 5.82. The number of methoxy groups -OCH3 is 4. The number of nitrogens with zero attached hydrogens (tertiary/aromatic N) is 2. The lowest BCUT2D eigenvalue weighted by Gasteiger charge is -2.27. The summed E-state index contributed by atoms with van der Waals surface area (Å²) in [5.41, 5.74) is 0.835. The minimum atomic E-state index is -0.936. The molecular weight excluding hydrogens is 484 g/mol. The third-order valence-electron chi connectivity index (χ3n) is 5.52. The van der Waals surface area contributed by atoms with Crippen LogP contribution in [0.2, 0.25) is 0 Å². The minimum Gasteiger partial charge on any atom is -0.497 e. The number of amides is 2. The third-order valence-corrected chi connectivity index (χ3v) is 5.52. The monoisotopic (exact) mass is 514 g/mol. The molecule has 0 spiro atoms. The van der Waals surface area contributed by atoms with Crippen molar-refractivity contribution in [2.75, 3.05) is 48.1 Å². The van der Waals surface area contributed by atoms with Gasteiger partial charge in [0.25, 0.3) is 11.8 Å². The molecule has 2 amide bonds. The zero-order valence-corrected chi connectivity index (χ0v) is 21.4. The van der Waals surface area contributed by atoms with Crippen molar-refractivity contribution >= 4 is 24.0 Å². The van der Waals surface area contributed by atoms with Crippen LogP contribution < -0.4 is 23.7 Å². The smallest absolute Gasteiger partial charge is 0.497 e. The second kappa shape index (κ2) is 12.5. The molecule has 1 saturated heterocycles. The molecule has 37 heavy (non-hydrogen) atoms. The van der Waals surface area contributed by atoms with E-state index < -0.39 is 12.1 Å². The first kappa shape index (κ1) is 27.2. The van der Waals surface area contributed by atoms with Gasteiger partial charge in [0.2, 0.25) is 5.75 Å². The molecule has 1 heterocycles. The van der Waals surface area contributed by atoms with E-state index >= 15 is 0 Å².